The fraction of sp³-hybridized carbons (Fsp3) is 0.0500. The van der Waals surface area contributed by atoms with E-state index in [0.29, 0.717) is 23.0 Å². The van der Waals surface area contributed by atoms with Crippen molar-refractivity contribution in [1.29, 1.82) is 0 Å². The molecule has 7 nitrogen and oxygen atoms in total. The van der Waals surface area contributed by atoms with Gasteiger partial charge in [0.05, 0.1) is 17.4 Å². The van der Waals surface area contributed by atoms with Gasteiger partial charge in [-0.2, -0.15) is 4.98 Å². The summed E-state index contributed by atoms with van der Waals surface area (Å²) in [7, 11) is 1.78. The SMILES string of the molecule is CN1C(=O)c2ccccc2Sc2cc(-c3noc(-c4cnccn4)n3)ccc21. The second-order valence-corrected chi connectivity index (χ2v) is 7.24. The lowest BCUT2D eigenvalue weighted by Gasteiger charge is -2.17. The summed E-state index contributed by atoms with van der Waals surface area (Å²) in [6, 6.07) is 13.4. The Hall–Kier alpha value is -3.52. The predicted octanol–water partition coefficient (Wildman–Crippen LogP) is 3.93. The predicted molar refractivity (Wildman–Crippen MR) is 104 cm³/mol. The number of aromatic nitrogens is 4. The van der Waals surface area contributed by atoms with Gasteiger partial charge >= 0.3 is 0 Å². The first-order valence-electron chi connectivity index (χ1n) is 8.50. The molecule has 5 rings (SSSR count). The van der Waals surface area contributed by atoms with E-state index in [1.807, 2.05) is 42.5 Å². The molecule has 0 saturated heterocycles. The van der Waals surface area contributed by atoms with Crippen molar-refractivity contribution in [2.24, 2.45) is 0 Å². The van der Waals surface area contributed by atoms with Crippen molar-refractivity contribution >= 4 is 23.4 Å². The van der Waals surface area contributed by atoms with Crippen LogP contribution in [0.15, 0.2) is 75.4 Å². The minimum atomic E-state index is -0.0286. The van der Waals surface area contributed by atoms with Crippen molar-refractivity contribution < 1.29 is 9.32 Å². The smallest absolute Gasteiger partial charge is 0.278 e. The third-order valence-electron chi connectivity index (χ3n) is 4.43. The molecule has 28 heavy (non-hydrogen) atoms. The number of hydrogen-bond donors (Lipinski definition) is 0. The number of hydrogen-bond acceptors (Lipinski definition) is 7. The summed E-state index contributed by atoms with van der Waals surface area (Å²) in [6.07, 6.45) is 4.73. The van der Waals surface area contributed by atoms with Gasteiger partial charge in [-0.1, -0.05) is 29.1 Å². The third-order valence-corrected chi connectivity index (χ3v) is 5.55. The minimum Gasteiger partial charge on any atom is -0.332 e. The molecule has 1 amide bonds. The van der Waals surface area contributed by atoms with Crippen LogP contribution in [0.1, 0.15) is 10.4 Å². The summed E-state index contributed by atoms with van der Waals surface area (Å²) in [5, 5.41) is 4.07. The van der Waals surface area contributed by atoms with Gasteiger partial charge in [-0.15, -0.1) is 0 Å². The molecule has 0 fully saturated rings. The first kappa shape index (κ1) is 16.6. The van der Waals surface area contributed by atoms with E-state index in [2.05, 4.69) is 20.1 Å². The van der Waals surface area contributed by atoms with Gasteiger partial charge in [0, 0.05) is 34.8 Å². The van der Waals surface area contributed by atoms with E-state index in [4.69, 9.17) is 4.52 Å². The van der Waals surface area contributed by atoms with Crippen LogP contribution in [0.5, 0.6) is 0 Å². The maximum atomic E-state index is 12.8. The Morgan fingerprint density at radius 3 is 2.82 bits per heavy atom. The van der Waals surface area contributed by atoms with Gasteiger partial charge in [0.25, 0.3) is 11.8 Å². The van der Waals surface area contributed by atoms with Crippen molar-refractivity contribution in [3.05, 3.63) is 66.6 Å². The number of amides is 1. The lowest BCUT2D eigenvalue weighted by Crippen LogP contribution is -2.25. The first-order chi connectivity index (χ1) is 13.7. The summed E-state index contributed by atoms with van der Waals surface area (Å²) >= 11 is 1.55. The van der Waals surface area contributed by atoms with Crippen LogP contribution in [0.25, 0.3) is 23.0 Å². The van der Waals surface area contributed by atoms with Gasteiger partial charge in [-0.3, -0.25) is 9.78 Å². The zero-order valence-corrected chi connectivity index (χ0v) is 15.6. The number of benzene rings is 2. The van der Waals surface area contributed by atoms with Crippen molar-refractivity contribution in [3.63, 3.8) is 0 Å². The fourth-order valence-electron chi connectivity index (χ4n) is 3.01. The summed E-state index contributed by atoms with van der Waals surface area (Å²) < 4.78 is 5.33. The largest absolute Gasteiger partial charge is 0.332 e. The molecule has 2 aromatic heterocycles. The molecule has 0 aliphatic carbocycles. The number of carbonyl (C=O) groups is 1. The van der Waals surface area contributed by atoms with Gasteiger partial charge in [0.15, 0.2) is 0 Å². The highest BCUT2D eigenvalue weighted by molar-refractivity contribution is 7.99. The van der Waals surface area contributed by atoms with E-state index in [1.165, 1.54) is 0 Å². The maximum absolute atomic E-state index is 12.8. The lowest BCUT2D eigenvalue weighted by atomic mass is 10.1. The fourth-order valence-corrected chi connectivity index (χ4v) is 4.15. The van der Waals surface area contributed by atoms with E-state index in [-0.39, 0.29) is 5.91 Å². The van der Waals surface area contributed by atoms with Crippen LogP contribution in [-0.2, 0) is 0 Å². The molecule has 0 spiro atoms. The number of rotatable bonds is 2. The minimum absolute atomic E-state index is 0.0286. The van der Waals surface area contributed by atoms with Gasteiger partial charge < -0.3 is 9.42 Å². The molecule has 0 bridgehead atoms. The topological polar surface area (TPSA) is 85.0 Å². The van der Waals surface area contributed by atoms with Crippen molar-refractivity contribution in [2.45, 2.75) is 9.79 Å². The van der Waals surface area contributed by atoms with E-state index in [9.17, 15) is 4.79 Å². The second kappa shape index (κ2) is 6.58. The Balaban J connectivity index is 1.56. The molecule has 1 aliphatic heterocycles. The van der Waals surface area contributed by atoms with Crippen LogP contribution < -0.4 is 4.90 Å². The molecule has 8 heteroatoms. The molecule has 0 atom stereocenters. The highest BCUT2D eigenvalue weighted by Gasteiger charge is 2.25. The molecular weight excluding hydrogens is 374 g/mol. The Morgan fingerprint density at radius 1 is 1.07 bits per heavy atom. The second-order valence-electron chi connectivity index (χ2n) is 6.16. The van der Waals surface area contributed by atoms with Gasteiger partial charge in [0.1, 0.15) is 5.69 Å². The molecule has 136 valence electrons. The number of carbonyl (C=O) groups excluding carboxylic acids is 1. The molecular formula is C20H13N5O2S. The highest BCUT2D eigenvalue weighted by Crippen LogP contribution is 2.42. The molecule has 1 aliphatic rings. The summed E-state index contributed by atoms with van der Waals surface area (Å²) in [6.45, 7) is 0. The van der Waals surface area contributed by atoms with Gasteiger partial charge in [0.2, 0.25) is 5.82 Å². The number of nitrogens with zero attached hydrogens (tertiary/aromatic N) is 5. The molecule has 0 unspecified atom stereocenters. The van der Waals surface area contributed by atoms with E-state index < -0.39 is 0 Å². The van der Waals surface area contributed by atoms with Gasteiger partial charge in [-0.05, 0) is 30.3 Å². The molecule has 0 saturated carbocycles. The highest BCUT2D eigenvalue weighted by atomic mass is 32.2. The van der Waals surface area contributed by atoms with E-state index in [1.54, 1.807) is 42.3 Å². The summed E-state index contributed by atoms with van der Waals surface area (Å²) in [4.78, 5) is 28.9. The average Bonchev–Trinajstić information content (AvgIpc) is 3.21. The number of fused-ring (bicyclic) bond motifs is 2. The van der Waals surface area contributed by atoms with Crippen molar-refractivity contribution in [3.8, 4) is 23.0 Å². The van der Waals surface area contributed by atoms with Crippen LogP contribution >= 0.6 is 11.8 Å². The van der Waals surface area contributed by atoms with Crippen LogP contribution in [0.3, 0.4) is 0 Å². The Morgan fingerprint density at radius 2 is 1.96 bits per heavy atom. The zero-order chi connectivity index (χ0) is 19.1. The Labute approximate surface area is 164 Å². The van der Waals surface area contributed by atoms with Crippen LogP contribution in [0.4, 0.5) is 5.69 Å². The molecule has 3 heterocycles. The quantitative estimate of drug-likeness (QED) is 0.515. The summed E-state index contributed by atoms with van der Waals surface area (Å²) in [5.41, 5.74) is 2.85. The maximum Gasteiger partial charge on any atom is 0.278 e. The van der Waals surface area contributed by atoms with Crippen molar-refractivity contribution in [1.82, 2.24) is 20.1 Å². The van der Waals surface area contributed by atoms with Crippen LogP contribution in [-0.4, -0.2) is 33.1 Å². The van der Waals surface area contributed by atoms with E-state index >= 15 is 0 Å². The van der Waals surface area contributed by atoms with E-state index in [0.717, 1.165) is 21.0 Å². The number of anilines is 1. The Bertz CT molecular complexity index is 1190. The third kappa shape index (κ3) is 2.74. The first-order valence-corrected chi connectivity index (χ1v) is 9.32. The monoisotopic (exact) mass is 387 g/mol. The van der Waals surface area contributed by atoms with Crippen LogP contribution in [0, 0.1) is 0 Å². The average molecular weight is 387 g/mol. The molecule has 0 radical (unpaired) electrons. The standard InChI is InChI=1S/C20H13N5O2S/c1-25-15-7-6-12(18-23-19(27-24-18)14-11-21-8-9-22-14)10-17(15)28-16-5-3-2-4-13(16)20(25)26/h2-11H,1H3. The van der Waals surface area contributed by atoms with Crippen LogP contribution in [0.2, 0.25) is 0 Å². The van der Waals surface area contributed by atoms with Crippen molar-refractivity contribution in [2.75, 3.05) is 11.9 Å². The lowest BCUT2D eigenvalue weighted by molar-refractivity contribution is 0.0990. The normalized spacial score (nSPS) is 13.0. The molecule has 0 N–H and O–H groups in total. The Kier molecular flexibility index (Phi) is 3.91. The molecule has 2 aromatic carbocycles. The van der Waals surface area contributed by atoms with Gasteiger partial charge in [-0.25, -0.2) is 4.98 Å². The summed E-state index contributed by atoms with van der Waals surface area (Å²) in [5.74, 6) is 0.734. The molecule has 4 aromatic rings. The zero-order valence-electron chi connectivity index (χ0n) is 14.7.